The van der Waals surface area contributed by atoms with Crippen molar-refractivity contribution in [3.05, 3.63) is 11.4 Å². The highest BCUT2D eigenvalue weighted by Crippen LogP contribution is 2.21. The molecule has 1 aromatic heterocycles. The summed E-state index contributed by atoms with van der Waals surface area (Å²) in [6.07, 6.45) is 2.76. The first kappa shape index (κ1) is 19.3. The molecule has 1 atom stereocenters. The molecule has 0 saturated carbocycles. The normalized spacial score (nSPS) is 24.3. The quantitative estimate of drug-likeness (QED) is 0.799. The van der Waals surface area contributed by atoms with Crippen molar-refractivity contribution in [3.8, 4) is 0 Å². The van der Waals surface area contributed by atoms with Gasteiger partial charge < -0.3 is 15.0 Å². The third-order valence-electron chi connectivity index (χ3n) is 5.95. The summed E-state index contributed by atoms with van der Waals surface area (Å²) in [5.74, 6) is 0.0526. The van der Waals surface area contributed by atoms with Gasteiger partial charge in [0.25, 0.3) is 11.8 Å². The van der Waals surface area contributed by atoms with E-state index in [1.54, 1.807) is 4.68 Å². The molecule has 28 heavy (non-hydrogen) atoms. The largest absolute Gasteiger partial charge is 0.379 e. The zero-order chi connectivity index (χ0) is 19.7. The van der Waals surface area contributed by atoms with Crippen LogP contribution in [0.2, 0.25) is 0 Å². The highest BCUT2D eigenvalue weighted by atomic mass is 16.5. The second kappa shape index (κ2) is 8.16. The standard InChI is InChI=1S/C19H30N6O3/c1-13(2)11-14-12-25-17(18(26)20-14)16(21-22-25)19(27)24-5-3-15(4-6-24)23-7-9-28-10-8-23/h13-15H,3-12H2,1-2H3,(H,20,26)/t14-/m0/s1. The van der Waals surface area contributed by atoms with E-state index in [1.807, 2.05) is 4.90 Å². The minimum atomic E-state index is -0.242. The van der Waals surface area contributed by atoms with Crippen molar-refractivity contribution in [2.75, 3.05) is 39.4 Å². The molecule has 2 fully saturated rings. The van der Waals surface area contributed by atoms with E-state index in [0.29, 0.717) is 37.3 Å². The van der Waals surface area contributed by atoms with Crippen LogP contribution in [0.1, 0.15) is 54.1 Å². The summed E-state index contributed by atoms with van der Waals surface area (Å²) < 4.78 is 7.03. The average Bonchev–Trinajstić information content (AvgIpc) is 3.12. The van der Waals surface area contributed by atoms with Crippen LogP contribution in [0.15, 0.2) is 0 Å². The number of piperidine rings is 1. The zero-order valence-electron chi connectivity index (χ0n) is 16.8. The van der Waals surface area contributed by atoms with Crippen LogP contribution in [-0.2, 0) is 11.3 Å². The Labute approximate surface area is 165 Å². The minimum absolute atomic E-state index is 0.0360. The van der Waals surface area contributed by atoms with E-state index in [-0.39, 0.29) is 23.6 Å². The van der Waals surface area contributed by atoms with Crippen molar-refractivity contribution in [2.24, 2.45) is 5.92 Å². The SMILES string of the molecule is CC(C)C[C@H]1Cn2nnc(C(=O)N3CCC(N4CCOCC4)CC3)c2C(=O)N1. The number of fused-ring (bicyclic) bond motifs is 1. The molecule has 0 radical (unpaired) electrons. The summed E-state index contributed by atoms with van der Waals surface area (Å²) in [4.78, 5) is 29.9. The summed E-state index contributed by atoms with van der Waals surface area (Å²) >= 11 is 0. The van der Waals surface area contributed by atoms with Gasteiger partial charge in [0.05, 0.1) is 19.8 Å². The topological polar surface area (TPSA) is 92.6 Å². The summed E-state index contributed by atoms with van der Waals surface area (Å²) in [5, 5.41) is 11.2. The van der Waals surface area contributed by atoms with Crippen molar-refractivity contribution in [3.63, 3.8) is 0 Å². The van der Waals surface area contributed by atoms with Gasteiger partial charge in [-0.05, 0) is 25.2 Å². The van der Waals surface area contributed by atoms with Crippen LogP contribution in [0.5, 0.6) is 0 Å². The lowest BCUT2D eigenvalue weighted by Gasteiger charge is -2.39. The van der Waals surface area contributed by atoms with Gasteiger partial charge in [0.15, 0.2) is 11.4 Å². The molecule has 0 unspecified atom stereocenters. The summed E-state index contributed by atoms with van der Waals surface area (Å²) in [6.45, 7) is 9.70. The number of morpholine rings is 1. The fourth-order valence-electron chi connectivity index (χ4n) is 4.55. The fraction of sp³-hybridized carbons (Fsp3) is 0.789. The van der Waals surface area contributed by atoms with Gasteiger partial charge in [-0.1, -0.05) is 19.1 Å². The maximum Gasteiger partial charge on any atom is 0.276 e. The second-order valence-corrected chi connectivity index (χ2v) is 8.44. The van der Waals surface area contributed by atoms with Gasteiger partial charge in [-0.25, -0.2) is 4.68 Å². The third-order valence-corrected chi connectivity index (χ3v) is 5.95. The molecule has 3 aliphatic heterocycles. The van der Waals surface area contributed by atoms with Gasteiger partial charge in [0.1, 0.15) is 0 Å². The predicted octanol–water partition coefficient (Wildman–Crippen LogP) is 0.373. The van der Waals surface area contributed by atoms with E-state index in [1.165, 1.54) is 0 Å². The van der Waals surface area contributed by atoms with Crippen molar-refractivity contribution in [1.82, 2.24) is 30.1 Å². The first-order chi connectivity index (χ1) is 13.5. The molecule has 9 heteroatoms. The summed E-state index contributed by atoms with van der Waals surface area (Å²) in [6, 6.07) is 0.538. The van der Waals surface area contributed by atoms with Crippen molar-refractivity contribution >= 4 is 11.8 Å². The molecule has 1 N–H and O–H groups in total. The maximum atomic E-state index is 13.0. The first-order valence-corrected chi connectivity index (χ1v) is 10.4. The Morgan fingerprint density at radius 1 is 1.21 bits per heavy atom. The summed E-state index contributed by atoms with van der Waals surface area (Å²) in [7, 11) is 0. The van der Waals surface area contributed by atoms with E-state index in [0.717, 1.165) is 45.6 Å². The van der Waals surface area contributed by atoms with Gasteiger partial charge in [-0.2, -0.15) is 0 Å². The zero-order valence-corrected chi connectivity index (χ0v) is 16.8. The maximum absolute atomic E-state index is 13.0. The molecular weight excluding hydrogens is 360 g/mol. The molecule has 0 aliphatic carbocycles. The lowest BCUT2D eigenvalue weighted by Crippen LogP contribution is -2.50. The number of nitrogens with one attached hydrogen (secondary N) is 1. The number of likely N-dealkylation sites (tertiary alicyclic amines) is 1. The lowest BCUT2D eigenvalue weighted by molar-refractivity contribution is 0.00151. The van der Waals surface area contributed by atoms with E-state index < -0.39 is 0 Å². The van der Waals surface area contributed by atoms with Crippen molar-refractivity contribution in [2.45, 2.75) is 51.7 Å². The van der Waals surface area contributed by atoms with Gasteiger partial charge in [-0.3, -0.25) is 14.5 Å². The summed E-state index contributed by atoms with van der Waals surface area (Å²) in [5.41, 5.74) is 0.491. The molecule has 154 valence electrons. The van der Waals surface area contributed by atoms with Crippen LogP contribution in [0.4, 0.5) is 0 Å². The first-order valence-electron chi connectivity index (χ1n) is 10.4. The van der Waals surface area contributed by atoms with Gasteiger partial charge >= 0.3 is 0 Å². The third kappa shape index (κ3) is 3.91. The number of carbonyl (C=O) groups is 2. The van der Waals surface area contributed by atoms with Crippen molar-refractivity contribution in [1.29, 1.82) is 0 Å². The molecule has 4 heterocycles. The second-order valence-electron chi connectivity index (χ2n) is 8.44. The lowest BCUT2D eigenvalue weighted by atomic mass is 10.0. The van der Waals surface area contributed by atoms with Gasteiger partial charge in [0.2, 0.25) is 0 Å². The van der Waals surface area contributed by atoms with Gasteiger partial charge in [-0.15, -0.1) is 5.10 Å². The fourth-order valence-corrected chi connectivity index (χ4v) is 4.55. The molecule has 0 bridgehead atoms. The number of hydrogen-bond acceptors (Lipinski definition) is 6. The highest BCUT2D eigenvalue weighted by Gasteiger charge is 2.35. The van der Waals surface area contributed by atoms with Gasteiger partial charge in [0, 0.05) is 38.3 Å². The number of hydrogen-bond donors (Lipinski definition) is 1. The Balaban J connectivity index is 1.40. The molecule has 2 saturated heterocycles. The Morgan fingerprint density at radius 3 is 2.61 bits per heavy atom. The molecular formula is C19H30N6O3. The molecule has 3 aliphatic rings. The number of ether oxygens (including phenoxy) is 1. The van der Waals surface area contributed by atoms with E-state index in [2.05, 4.69) is 34.4 Å². The smallest absolute Gasteiger partial charge is 0.276 e. The monoisotopic (exact) mass is 390 g/mol. The Kier molecular flexibility index (Phi) is 5.63. The molecule has 0 aromatic carbocycles. The molecule has 0 spiro atoms. The number of aromatic nitrogens is 3. The van der Waals surface area contributed by atoms with Crippen LogP contribution in [0.25, 0.3) is 0 Å². The van der Waals surface area contributed by atoms with Crippen LogP contribution in [-0.4, -0.2) is 88.1 Å². The Bertz CT molecular complexity index is 719. The van der Waals surface area contributed by atoms with Crippen LogP contribution >= 0.6 is 0 Å². The minimum Gasteiger partial charge on any atom is -0.379 e. The number of rotatable bonds is 4. The number of amides is 2. The molecule has 1 aromatic rings. The highest BCUT2D eigenvalue weighted by molar-refractivity contribution is 6.05. The Morgan fingerprint density at radius 2 is 1.93 bits per heavy atom. The van der Waals surface area contributed by atoms with Crippen LogP contribution < -0.4 is 5.32 Å². The predicted molar refractivity (Wildman–Crippen MR) is 102 cm³/mol. The average molecular weight is 390 g/mol. The van der Waals surface area contributed by atoms with Crippen LogP contribution in [0, 0.1) is 5.92 Å². The molecule has 2 amide bonds. The van der Waals surface area contributed by atoms with E-state index >= 15 is 0 Å². The molecule has 4 rings (SSSR count). The number of nitrogens with zero attached hydrogens (tertiary/aromatic N) is 5. The number of carbonyl (C=O) groups excluding carboxylic acids is 2. The van der Waals surface area contributed by atoms with Crippen molar-refractivity contribution < 1.29 is 14.3 Å². The van der Waals surface area contributed by atoms with E-state index in [4.69, 9.17) is 4.74 Å². The van der Waals surface area contributed by atoms with Crippen LogP contribution in [0.3, 0.4) is 0 Å². The van der Waals surface area contributed by atoms with E-state index in [9.17, 15) is 9.59 Å². The molecule has 9 nitrogen and oxygen atoms in total. The Hall–Kier alpha value is -2.00.